The van der Waals surface area contributed by atoms with Gasteiger partial charge >= 0.3 is 0 Å². The largest absolute Gasteiger partial charge is 0.481 e. The van der Waals surface area contributed by atoms with Gasteiger partial charge in [0.2, 0.25) is 5.88 Å². The smallest absolute Gasteiger partial charge is 0.252 e. The number of pyridine rings is 1. The number of aromatic nitrogens is 1. The summed E-state index contributed by atoms with van der Waals surface area (Å²) < 4.78 is 5.91. The number of carbonyl (C=O) groups excluding carboxylic acids is 1. The molecule has 0 aliphatic rings. The molecule has 6 heteroatoms. The number of hydrogen-bond acceptors (Lipinski definition) is 4. The van der Waals surface area contributed by atoms with Gasteiger partial charge in [-0.3, -0.25) is 4.79 Å². The van der Waals surface area contributed by atoms with Crippen LogP contribution in [0.5, 0.6) is 5.88 Å². The predicted molar refractivity (Wildman–Crippen MR) is 74.0 cm³/mol. The summed E-state index contributed by atoms with van der Waals surface area (Å²) >= 11 is 4.81. The Hall–Kier alpha value is -1.40. The maximum Gasteiger partial charge on any atom is 0.252 e. The van der Waals surface area contributed by atoms with Crippen molar-refractivity contribution in [2.24, 2.45) is 0 Å². The molecule has 0 aliphatic carbocycles. The predicted octanol–water partition coefficient (Wildman–Crippen LogP) is 2.84. The summed E-state index contributed by atoms with van der Waals surface area (Å²) in [5, 5.41) is 4.64. The SMILES string of the molecule is COc1ccc(CNC(=O)c2csc(Br)c2)cn1. The molecule has 2 aromatic heterocycles. The highest BCUT2D eigenvalue weighted by Crippen LogP contribution is 2.20. The third-order valence-corrected chi connectivity index (χ3v) is 3.79. The van der Waals surface area contributed by atoms with Crippen LogP contribution >= 0.6 is 27.3 Å². The molecule has 2 aromatic rings. The Morgan fingerprint density at radius 1 is 1.56 bits per heavy atom. The number of nitrogens with one attached hydrogen (secondary N) is 1. The van der Waals surface area contributed by atoms with Crippen LogP contribution < -0.4 is 10.1 Å². The molecular weight excluding hydrogens is 316 g/mol. The van der Waals surface area contributed by atoms with Crippen LogP contribution in [-0.2, 0) is 6.54 Å². The van der Waals surface area contributed by atoms with Crippen molar-refractivity contribution in [3.63, 3.8) is 0 Å². The fraction of sp³-hybridized carbons (Fsp3) is 0.167. The van der Waals surface area contributed by atoms with Gasteiger partial charge in [0.05, 0.1) is 16.5 Å². The number of carbonyl (C=O) groups is 1. The lowest BCUT2D eigenvalue weighted by molar-refractivity contribution is 0.0951. The topological polar surface area (TPSA) is 51.2 Å². The van der Waals surface area contributed by atoms with Crippen molar-refractivity contribution in [2.45, 2.75) is 6.54 Å². The van der Waals surface area contributed by atoms with Gasteiger partial charge in [0.1, 0.15) is 0 Å². The van der Waals surface area contributed by atoms with E-state index in [2.05, 4.69) is 26.2 Å². The monoisotopic (exact) mass is 326 g/mol. The van der Waals surface area contributed by atoms with Gasteiger partial charge in [-0.25, -0.2) is 4.98 Å². The molecule has 0 aromatic carbocycles. The average Bonchev–Trinajstić information content (AvgIpc) is 2.83. The first kappa shape index (κ1) is 13.0. The van der Waals surface area contributed by atoms with Gasteiger partial charge in [0.15, 0.2) is 0 Å². The zero-order valence-corrected chi connectivity index (χ0v) is 12.0. The van der Waals surface area contributed by atoms with E-state index >= 15 is 0 Å². The van der Waals surface area contributed by atoms with Crippen LogP contribution in [0.15, 0.2) is 33.6 Å². The zero-order chi connectivity index (χ0) is 13.0. The lowest BCUT2D eigenvalue weighted by Gasteiger charge is -2.04. The number of nitrogens with zero attached hydrogens (tertiary/aromatic N) is 1. The maximum absolute atomic E-state index is 11.8. The summed E-state index contributed by atoms with van der Waals surface area (Å²) in [6, 6.07) is 5.44. The maximum atomic E-state index is 11.8. The second-order valence-corrected chi connectivity index (χ2v) is 5.82. The fourth-order valence-corrected chi connectivity index (χ4v) is 2.49. The molecule has 2 rings (SSSR count). The summed E-state index contributed by atoms with van der Waals surface area (Å²) in [4.78, 5) is 15.9. The molecule has 0 bridgehead atoms. The quantitative estimate of drug-likeness (QED) is 0.939. The van der Waals surface area contributed by atoms with Crippen LogP contribution in [0.4, 0.5) is 0 Å². The normalized spacial score (nSPS) is 10.1. The Balaban J connectivity index is 1.92. The van der Waals surface area contributed by atoms with Crippen molar-refractivity contribution < 1.29 is 9.53 Å². The molecule has 0 radical (unpaired) electrons. The average molecular weight is 327 g/mol. The van der Waals surface area contributed by atoms with Crippen molar-refractivity contribution in [3.05, 3.63) is 44.7 Å². The Kier molecular flexibility index (Phi) is 4.33. The van der Waals surface area contributed by atoms with Crippen LogP contribution in [0.2, 0.25) is 0 Å². The van der Waals surface area contributed by atoms with Gasteiger partial charge in [-0.05, 0) is 27.6 Å². The van der Waals surface area contributed by atoms with E-state index in [9.17, 15) is 4.79 Å². The lowest BCUT2D eigenvalue weighted by Crippen LogP contribution is -2.22. The molecule has 2 heterocycles. The van der Waals surface area contributed by atoms with Crippen molar-refractivity contribution in [3.8, 4) is 5.88 Å². The second kappa shape index (κ2) is 5.97. The van der Waals surface area contributed by atoms with Gasteiger partial charge in [0.25, 0.3) is 5.91 Å². The minimum atomic E-state index is -0.0900. The molecule has 1 amide bonds. The minimum Gasteiger partial charge on any atom is -0.481 e. The molecule has 1 N–H and O–H groups in total. The molecular formula is C12H11BrN2O2S. The first-order valence-corrected chi connectivity index (χ1v) is 6.87. The number of methoxy groups -OCH3 is 1. The van der Waals surface area contributed by atoms with Gasteiger partial charge in [-0.2, -0.15) is 0 Å². The van der Waals surface area contributed by atoms with Gasteiger partial charge in [0, 0.05) is 24.2 Å². The minimum absolute atomic E-state index is 0.0900. The number of rotatable bonds is 4. The van der Waals surface area contributed by atoms with Crippen molar-refractivity contribution in [1.29, 1.82) is 0 Å². The Bertz CT molecular complexity index is 539. The first-order valence-electron chi connectivity index (χ1n) is 5.20. The fourth-order valence-electron chi connectivity index (χ4n) is 1.35. The number of amides is 1. The van der Waals surface area contributed by atoms with Crippen molar-refractivity contribution in [2.75, 3.05) is 7.11 Å². The van der Waals surface area contributed by atoms with E-state index in [1.54, 1.807) is 25.4 Å². The molecule has 0 unspecified atom stereocenters. The zero-order valence-electron chi connectivity index (χ0n) is 9.64. The number of hydrogen-bond donors (Lipinski definition) is 1. The van der Waals surface area contributed by atoms with E-state index in [0.29, 0.717) is 18.0 Å². The molecule has 0 aliphatic heterocycles. The van der Waals surface area contributed by atoms with Gasteiger partial charge in [-0.15, -0.1) is 11.3 Å². The lowest BCUT2D eigenvalue weighted by atomic mass is 10.2. The Morgan fingerprint density at radius 2 is 2.39 bits per heavy atom. The Labute approximate surface area is 117 Å². The van der Waals surface area contributed by atoms with E-state index in [1.807, 2.05) is 11.4 Å². The summed E-state index contributed by atoms with van der Waals surface area (Å²) in [6.45, 7) is 0.448. The highest BCUT2D eigenvalue weighted by Gasteiger charge is 2.07. The van der Waals surface area contributed by atoms with Crippen LogP contribution in [0.3, 0.4) is 0 Å². The molecule has 0 spiro atoms. The molecule has 4 nitrogen and oxygen atoms in total. The third kappa shape index (κ3) is 3.30. The highest BCUT2D eigenvalue weighted by atomic mass is 79.9. The summed E-state index contributed by atoms with van der Waals surface area (Å²) in [7, 11) is 1.57. The summed E-state index contributed by atoms with van der Waals surface area (Å²) in [6.07, 6.45) is 1.68. The number of ether oxygens (including phenoxy) is 1. The number of thiophene rings is 1. The highest BCUT2D eigenvalue weighted by molar-refractivity contribution is 9.11. The molecule has 0 atom stereocenters. The molecule has 0 fully saturated rings. The Morgan fingerprint density at radius 3 is 2.94 bits per heavy atom. The van der Waals surface area contributed by atoms with Crippen LogP contribution in [-0.4, -0.2) is 18.0 Å². The van der Waals surface area contributed by atoms with Crippen LogP contribution in [0.1, 0.15) is 15.9 Å². The van der Waals surface area contributed by atoms with E-state index < -0.39 is 0 Å². The number of halogens is 1. The molecule has 0 saturated heterocycles. The summed E-state index contributed by atoms with van der Waals surface area (Å²) in [5.74, 6) is 0.472. The van der Waals surface area contributed by atoms with Crippen molar-refractivity contribution >= 4 is 33.2 Å². The summed E-state index contributed by atoms with van der Waals surface area (Å²) in [5.41, 5.74) is 1.59. The van der Waals surface area contributed by atoms with E-state index in [1.165, 1.54) is 11.3 Å². The standard InChI is InChI=1S/C12H11BrN2O2S/c1-17-11-3-2-8(5-14-11)6-15-12(16)9-4-10(13)18-7-9/h2-5,7H,6H2,1H3,(H,15,16). The van der Waals surface area contributed by atoms with Crippen LogP contribution in [0, 0.1) is 0 Å². The van der Waals surface area contributed by atoms with Gasteiger partial charge < -0.3 is 10.1 Å². The molecule has 18 heavy (non-hydrogen) atoms. The van der Waals surface area contributed by atoms with E-state index in [0.717, 1.165) is 9.35 Å². The molecule has 0 saturated carbocycles. The van der Waals surface area contributed by atoms with Crippen LogP contribution in [0.25, 0.3) is 0 Å². The third-order valence-electron chi connectivity index (χ3n) is 2.29. The first-order chi connectivity index (χ1) is 8.69. The molecule has 94 valence electrons. The van der Waals surface area contributed by atoms with E-state index in [4.69, 9.17) is 4.74 Å². The second-order valence-electron chi connectivity index (χ2n) is 3.53. The van der Waals surface area contributed by atoms with E-state index in [-0.39, 0.29) is 5.91 Å². The van der Waals surface area contributed by atoms with Gasteiger partial charge in [-0.1, -0.05) is 6.07 Å². The van der Waals surface area contributed by atoms with Crippen molar-refractivity contribution in [1.82, 2.24) is 10.3 Å².